The first-order valence-electron chi connectivity index (χ1n) is 7.71. The summed E-state index contributed by atoms with van der Waals surface area (Å²) in [6.45, 7) is 6.06. The standard InChI is InChI=1S/C15H22O5/c1-8-4-5-11-9(2)12(16)17-13-15(11)10(8)6-7-14(3,18-13)19-20-15/h8-11,13H,4-7H2,1-3H3/t8-,9+,10+,11-,13-,14-,15-/m1/s1. The van der Waals surface area contributed by atoms with Crippen LogP contribution in [0.5, 0.6) is 0 Å². The molecule has 20 heavy (non-hydrogen) atoms. The van der Waals surface area contributed by atoms with Crippen molar-refractivity contribution >= 4 is 5.97 Å². The molecule has 5 nitrogen and oxygen atoms in total. The predicted molar refractivity (Wildman–Crippen MR) is 68.0 cm³/mol. The maximum atomic E-state index is 12.1. The summed E-state index contributed by atoms with van der Waals surface area (Å²) in [6, 6.07) is 0. The third kappa shape index (κ3) is 1.46. The highest BCUT2D eigenvalue weighted by Gasteiger charge is 2.69. The van der Waals surface area contributed by atoms with Crippen LogP contribution in [0, 0.1) is 23.7 Å². The fourth-order valence-corrected chi connectivity index (χ4v) is 4.76. The van der Waals surface area contributed by atoms with Crippen LogP contribution in [0.1, 0.15) is 46.5 Å². The van der Waals surface area contributed by atoms with E-state index in [1.54, 1.807) is 0 Å². The summed E-state index contributed by atoms with van der Waals surface area (Å²) in [5.74, 6) is -0.137. The molecule has 0 aromatic carbocycles. The summed E-state index contributed by atoms with van der Waals surface area (Å²) in [6.07, 6.45) is 3.24. The molecule has 5 aliphatic rings. The zero-order chi connectivity index (χ0) is 14.1. The van der Waals surface area contributed by atoms with Crippen LogP contribution in [0.15, 0.2) is 0 Å². The minimum Gasteiger partial charge on any atom is -0.432 e. The molecule has 0 N–H and O–H groups in total. The van der Waals surface area contributed by atoms with Gasteiger partial charge in [0.15, 0.2) is 5.60 Å². The average Bonchev–Trinajstić information content (AvgIpc) is 2.63. The number of hydrogen-bond acceptors (Lipinski definition) is 5. The minimum absolute atomic E-state index is 0.123. The molecular formula is C15H22O5. The first-order valence-corrected chi connectivity index (χ1v) is 7.71. The second-order valence-electron chi connectivity index (χ2n) is 7.14. The summed E-state index contributed by atoms with van der Waals surface area (Å²) in [4.78, 5) is 23.7. The molecule has 1 saturated carbocycles. The van der Waals surface area contributed by atoms with Gasteiger partial charge in [-0.3, -0.25) is 4.79 Å². The van der Waals surface area contributed by atoms with E-state index < -0.39 is 17.7 Å². The lowest BCUT2D eigenvalue weighted by Gasteiger charge is -2.57. The van der Waals surface area contributed by atoms with Gasteiger partial charge in [0.05, 0.1) is 5.92 Å². The number of rotatable bonds is 0. The van der Waals surface area contributed by atoms with Gasteiger partial charge in [-0.15, -0.1) is 0 Å². The Morgan fingerprint density at radius 1 is 1.10 bits per heavy atom. The second-order valence-corrected chi connectivity index (χ2v) is 7.14. The molecule has 1 spiro atoms. The maximum Gasteiger partial charge on any atom is 0.311 e. The molecule has 7 atom stereocenters. The van der Waals surface area contributed by atoms with Gasteiger partial charge in [-0.2, -0.15) is 0 Å². The zero-order valence-corrected chi connectivity index (χ0v) is 12.3. The summed E-state index contributed by atoms with van der Waals surface area (Å²) in [5.41, 5.74) is -0.610. The minimum atomic E-state index is -0.793. The molecular weight excluding hydrogens is 260 g/mol. The van der Waals surface area contributed by atoms with E-state index in [-0.39, 0.29) is 17.8 Å². The van der Waals surface area contributed by atoms with Gasteiger partial charge in [-0.25, -0.2) is 9.78 Å². The van der Waals surface area contributed by atoms with Crippen LogP contribution in [0.4, 0.5) is 0 Å². The van der Waals surface area contributed by atoms with E-state index >= 15 is 0 Å². The van der Waals surface area contributed by atoms with Crippen LogP contribution < -0.4 is 0 Å². The Kier molecular flexibility index (Phi) is 2.58. The molecule has 4 heterocycles. The normalized spacial score (nSPS) is 57.8. The number of ether oxygens (including phenoxy) is 2. The summed E-state index contributed by atoms with van der Waals surface area (Å²) in [5, 5.41) is 0. The van der Waals surface area contributed by atoms with Crippen LogP contribution in [-0.2, 0) is 24.0 Å². The molecule has 1 aliphatic carbocycles. The van der Waals surface area contributed by atoms with Crippen molar-refractivity contribution in [3.05, 3.63) is 0 Å². The number of carbonyl (C=O) groups excluding carboxylic acids is 1. The van der Waals surface area contributed by atoms with Crippen LogP contribution >= 0.6 is 0 Å². The van der Waals surface area contributed by atoms with Crippen LogP contribution in [-0.4, -0.2) is 23.6 Å². The van der Waals surface area contributed by atoms with Crippen LogP contribution in [0.2, 0.25) is 0 Å². The highest BCUT2D eigenvalue weighted by atomic mass is 17.3. The van der Waals surface area contributed by atoms with Crippen LogP contribution in [0.25, 0.3) is 0 Å². The Hall–Kier alpha value is -0.650. The van der Waals surface area contributed by atoms with Crippen molar-refractivity contribution in [1.82, 2.24) is 0 Å². The van der Waals surface area contributed by atoms with Gasteiger partial charge in [0, 0.05) is 18.3 Å². The van der Waals surface area contributed by atoms with Crippen molar-refractivity contribution < 1.29 is 24.0 Å². The van der Waals surface area contributed by atoms with E-state index in [0.29, 0.717) is 11.8 Å². The first-order chi connectivity index (χ1) is 9.46. The molecule has 0 amide bonds. The monoisotopic (exact) mass is 282 g/mol. The van der Waals surface area contributed by atoms with Gasteiger partial charge in [0.1, 0.15) is 0 Å². The molecule has 0 unspecified atom stereocenters. The molecule has 0 radical (unpaired) electrons. The maximum absolute atomic E-state index is 12.1. The lowest BCUT2D eigenvalue weighted by Crippen LogP contribution is -2.69. The molecule has 5 rings (SSSR count). The van der Waals surface area contributed by atoms with Gasteiger partial charge in [-0.05, 0) is 32.1 Å². The highest BCUT2D eigenvalue weighted by Crippen LogP contribution is 2.59. The van der Waals surface area contributed by atoms with E-state index in [0.717, 1.165) is 25.7 Å². The van der Waals surface area contributed by atoms with E-state index in [2.05, 4.69) is 6.92 Å². The predicted octanol–water partition coefficient (Wildman–Crippen LogP) is 2.39. The SMILES string of the molecule is C[C@@H]1CC[C@@H]2[C@H](C)C(=O)O[C@@H]3O[C@@]4(C)CC[C@@H]1[C@]32OO4. The van der Waals surface area contributed by atoms with Crippen molar-refractivity contribution in [3.8, 4) is 0 Å². The second kappa shape index (κ2) is 3.96. The quantitative estimate of drug-likeness (QED) is 0.504. The molecule has 112 valence electrons. The topological polar surface area (TPSA) is 54.0 Å². The van der Waals surface area contributed by atoms with Gasteiger partial charge in [0.25, 0.3) is 0 Å². The molecule has 2 bridgehead atoms. The van der Waals surface area contributed by atoms with Gasteiger partial charge in [0.2, 0.25) is 12.1 Å². The van der Waals surface area contributed by atoms with Crippen molar-refractivity contribution in [3.63, 3.8) is 0 Å². The van der Waals surface area contributed by atoms with Crippen LogP contribution in [0.3, 0.4) is 0 Å². The first kappa shape index (κ1) is 13.0. The summed E-state index contributed by atoms with van der Waals surface area (Å²) >= 11 is 0. The number of carbonyl (C=O) groups is 1. The molecule has 4 saturated heterocycles. The van der Waals surface area contributed by atoms with E-state index in [1.807, 2.05) is 13.8 Å². The molecule has 5 fully saturated rings. The lowest BCUT2D eigenvalue weighted by atomic mass is 9.58. The Morgan fingerprint density at radius 2 is 1.90 bits per heavy atom. The van der Waals surface area contributed by atoms with E-state index in [1.165, 1.54) is 0 Å². The van der Waals surface area contributed by atoms with E-state index in [4.69, 9.17) is 19.2 Å². The fraction of sp³-hybridized carbons (Fsp3) is 0.933. The zero-order valence-electron chi connectivity index (χ0n) is 12.3. The van der Waals surface area contributed by atoms with Gasteiger partial charge < -0.3 is 9.47 Å². The molecule has 5 heteroatoms. The fourth-order valence-electron chi connectivity index (χ4n) is 4.76. The third-order valence-corrected chi connectivity index (χ3v) is 5.97. The lowest BCUT2D eigenvalue weighted by molar-refractivity contribution is -0.559. The smallest absolute Gasteiger partial charge is 0.311 e. The highest BCUT2D eigenvalue weighted by molar-refractivity contribution is 5.74. The molecule has 0 aromatic heterocycles. The van der Waals surface area contributed by atoms with Gasteiger partial charge in [-0.1, -0.05) is 13.8 Å². The largest absolute Gasteiger partial charge is 0.432 e. The summed E-state index contributed by atoms with van der Waals surface area (Å²) in [7, 11) is 0. The van der Waals surface area contributed by atoms with Gasteiger partial charge >= 0.3 is 5.97 Å². The Balaban J connectivity index is 1.84. The molecule has 0 aromatic rings. The number of hydrogen-bond donors (Lipinski definition) is 0. The van der Waals surface area contributed by atoms with Crippen molar-refractivity contribution in [2.75, 3.05) is 0 Å². The molecule has 4 aliphatic heterocycles. The van der Waals surface area contributed by atoms with Crippen molar-refractivity contribution in [1.29, 1.82) is 0 Å². The Labute approximate surface area is 118 Å². The Bertz CT molecular complexity index is 452. The average molecular weight is 282 g/mol. The Morgan fingerprint density at radius 3 is 2.70 bits per heavy atom. The van der Waals surface area contributed by atoms with Crippen molar-refractivity contribution in [2.24, 2.45) is 23.7 Å². The number of fused-ring (bicyclic) bond motifs is 2. The number of esters is 1. The third-order valence-electron chi connectivity index (χ3n) is 5.97. The van der Waals surface area contributed by atoms with Crippen molar-refractivity contribution in [2.45, 2.75) is 64.1 Å². The summed E-state index contributed by atoms with van der Waals surface area (Å²) < 4.78 is 11.6. The van der Waals surface area contributed by atoms with E-state index in [9.17, 15) is 4.79 Å².